The fourth-order valence-corrected chi connectivity index (χ4v) is 2.31. The van der Waals surface area contributed by atoms with E-state index in [1.54, 1.807) is 24.3 Å². The van der Waals surface area contributed by atoms with Gasteiger partial charge >= 0.3 is 0 Å². The fraction of sp³-hybridized carbons (Fsp3) is 0.278. The lowest BCUT2D eigenvalue weighted by Crippen LogP contribution is -2.22. The minimum absolute atomic E-state index is 0.00517. The van der Waals surface area contributed by atoms with Crippen LogP contribution < -0.4 is 5.32 Å². The van der Waals surface area contributed by atoms with Gasteiger partial charge in [-0.3, -0.25) is 4.79 Å². The highest BCUT2D eigenvalue weighted by Gasteiger charge is 2.10. The van der Waals surface area contributed by atoms with Crippen molar-refractivity contribution in [2.75, 3.05) is 18.5 Å². The first-order chi connectivity index (χ1) is 10.7. The number of anilines is 1. The molecule has 0 spiro atoms. The van der Waals surface area contributed by atoms with E-state index in [2.05, 4.69) is 5.32 Å². The first kappa shape index (κ1) is 16.2. The summed E-state index contributed by atoms with van der Waals surface area (Å²) in [5.74, 6) is -0.00517. The molecule has 22 heavy (non-hydrogen) atoms. The molecule has 0 bridgehead atoms. The van der Waals surface area contributed by atoms with Gasteiger partial charge in [-0.25, -0.2) is 0 Å². The Labute approximate surface area is 130 Å². The molecule has 0 saturated heterocycles. The van der Waals surface area contributed by atoms with E-state index in [0.717, 1.165) is 5.69 Å². The second-order valence-electron chi connectivity index (χ2n) is 5.14. The summed E-state index contributed by atoms with van der Waals surface area (Å²) < 4.78 is 0. The van der Waals surface area contributed by atoms with Gasteiger partial charge in [-0.15, -0.1) is 0 Å². The van der Waals surface area contributed by atoms with E-state index >= 15 is 0 Å². The lowest BCUT2D eigenvalue weighted by molar-refractivity contribution is 0.103. The monoisotopic (exact) mass is 299 g/mol. The van der Waals surface area contributed by atoms with E-state index in [1.165, 1.54) is 0 Å². The van der Waals surface area contributed by atoms with Crippen molar-refractivity contribution in [3.8, 4) is 0 Å². The van der Waals surface area contributed by atoms with Crippen LogP contribution in [0.5, 0.6) is 0 Å². The highest BCUT2D eigenvalue weighted by atomic mass is 16.3. The Bertz CT molecular complexity index is 575. The molecular formula is C18H21NO3. The maximum absolute atomic E-state index is 12.3. The fourth-order valence-electron chi connectivity index (χ4n) is 2.31. The molecule has 2 aromatic carbocycles. The molecular weight excluding hydrogens is 278 g/mol. The van der Waals surface area contributed by atoms with Gasteiger partial charge in [0, 0.05) is 36.1 Å². The van der Waals surface area contributed by atoms with E-state index in [0.29, 0.717) is 24.0 Å². The predicted molar refractivity (Wildman–Crippen MR) is 87.1 cm³/mol. The maximum atomic E-state index is 12.3. The van der Waals surface area contributed by atoms with Gasteiger partial charge in [0.15, 0.2) is 5.78 Å². The highest BCUT2D eigenvalue weighted by molar-refractivity contribution is 6.09. The molecule has 116 valence electrons. The van der Waals surface area contributed by atoms with Gasteiger partial charge in [0.2, 0.25) is 0 Å². The minimum Gasteiger partial charge on any atom is -0.396 e. The maximum Gasteiger partial charge on any atom is 0.193 e. The number of carbonyl (C=O) groups is 1. The average Bonchev–Trinajstić information content (AvgIpc) is 2.56. The van der Waals surface area contributed by atoms with Gasteiger partial charge in [0.1, 0.15) is 0 Å². The standard InChI is InChI=1S/C18H21NO3/c20-12-10-17(11-13-21)19-16-8-6-15(7-9-16)18(22)14-4-2-1-3-5-14/h1-9,17,19-21H,10-13H2. The Morgan fingerprint density at radius 1 is 0.864 bits per heavy atom. The summed E-state index contributed by atoms with van der Waals surface area (Å²) >= 11 is 0. The Balaban J connectivity index is 2.05. The van der Waals surface area contributed by atoms with E-state index in [4.69, 9.17) is 10.2 Å². The van der Waals surface area contributed by atoms with Crippen molar-refractivity contribution in [1.82, 2.24) is 0 Å². The van der Waals surface area contributed by atoms with Crippen molar-refractivity contribution in [2.45, 2.75) is 18.9 Å². The largest absolute Gasteiger partial charge is 0.396 e. The number of hydrogen-bond donors (Lipinski definition) is 3. The summed E-state index contributed by atoms with van der Waals surface area (Å²) in [5, 5.41) is 21.3. The quantitative estimate of drug-likeness (QED) is 0.655. The van der Waals surface area contributed by atoms with Gasteiger partial charge in [0.25, 0.3) is 0 Å². The van der Waals surface area contributed by atoms with Gasteiger partial charge in [-0.05, 0) is 37.1 Å². The molecule has 2 rings (SSSR count). The van der Waals surface area contributed by atoms with E-state index in [-0.39, 0.29) is 25.0 Å². The molecule has 0 atom stereocenters. The zero-order chi connectivity index (χ0) is 15.8. The smallest absolute Gasteiger partial charge is 0.193 e. The summed E-state index contributed by atoms with van der Waals surface area (Å²) in [6.45, 7) is 0.143. The topological polar surface area (TPSA) is 69.6 Å². The number of nitrogens with one attached hydrogen (secondary N) is 1. The number of aliphatic hydroxyl groups is 2. The third-order valence-electron chi connectivity index (χ3n) is 3.51. The lowest BCUT2D eigenvalue weighted by Gasteiger charge is -2.18. The summed E-state index contributed by atoms with van der Waals surface area (Å²) in [6, 6.07) is 16.4. The van der Waals surface area contributed by atoms with Crippen LogP contribution >= 0.6 is 0 Å². The van der Waals surface area contributed by atoms with Crippen molar-refractivity contribution >= 4 is 11.5 Å². The summed E-state index contributed by atoms with van der Waals surface area (Å²) in [7, 11) is 0. The van der Waals surface area contributed by atoms with Crippen LogP contribution in [0.4, 0.5) is 5.69 Å². The van der Waals surface area contributed by atoms with E-state index in [9.17, 15) is 4.79 Å². The molecule has 0 aromatic heterocycles. The summed E-state index contributed by atoms with van der Waals surface area (Å²) in [5.41, 5.74) is 2.18. The van der Waals surface area contributed by atoms with Crippen molar-refractivity contribution < 1.29 is 15.0 Å². The summed E-state index contributed by atoms with van der Waals surface area (Å²) in [4.78, 5) is 12.3. The zero-order valence-electron chi connectivity index (χ0n) is 12.4. The molecule has 4 nitrogen and oxygen atoms in total. The van der Waals surface area contributed by atoms with Gasteiger partial charge < -0.3 is 15.5 Å². The molecule has 0 radical (unpaired) electrons. The molecule has 4 heteroatoms. The van der Waals surface area contributed by atoms with E-state index < -0.39 is 0 Å². The second kappa shape index (κ2) is 8.32. The Kier molecular flexibility index (Phi) is 6.13. The van der Waals surface area contributed by atoms with Crippen LogP contribution in [0.2, 0.25) is 0 Å². The number of hydrogen-bond acceptors (Lipinski definition) is 4. The highest BCUT2D eigenvalue weighted by Crippen LogP contribution is 2.16. The molecule has 0 aliphatic heterocycles. The number of aliphatic hydroxyl groups excluding tert-OH is 2. The number of benzene rings is 2. The first-order valence-corrected chi connectivity index (χ1v) is 7.42. The normalized spacial score (nSPS) is 10.7. The third-order valence-corrected chi connectivity index (χ3v) is 3.51. The lowest BCUT2D eigenvalue weighted by atomic mass is 10.0. The van der Waals surface area contributed by atoms with Crippen LogP contribution in [-0.4, -0.2) is 35.3 Å². The Morgan fingerprint density at radius 3 is 1.95 bits per heavy atom. The SMILES string of the molecule is O=C(c1ccccc1)c1ccc(NC(CCO)CCO)cc1. The van der Waals surface area contributed by atoms with Crippen LogP contribution in [0, 0.1) is 0 Å². The van der Waals surface area contributed by atoms with Crippen LogP contribution in [0.15, 0.2) is 54.6 Å². The second-order valence-corrected chi connectivity index (χ2v) is 5.14. The van der Waals surface area contributed by atoms with Crippen LogP contribution in [0.3, 0.4) is 0 Å². The molecule has 0 fully saturated rings. The zero-order valence-corrected chi connectivity index (χ0v) is 12.4. The molecule has 0 unspecified atom stereocenters. The average molecular weight is 299 g/mol. The molecule has 0 aliphatic carbocycles. The number of ketones is 1. The molecule has 0 heterocycles. The first-order valence-electron chi connectivity index (χ1n) is 7.42. The third kappa shape index (κ3) is 4.41. The molecule has 0 aliphatic rings. The number of carbonyl (C=O) groups excluding carboxylic acids is 1. The van der Waals surface area contributed by atoms with Crippen molar-refractivity contribution in [2.24, 2.45) is 0 Å². The van der Waals surface area contributed by atoms with Crippen LogP contribution in [-0.2, 0) is 0 Å². The van der Waals surface area contributed by atoms with E-state index in [1.807, 2.05) is 30.3 Å². The van der Waals surface area contributed by atoms with Crippen LogP contribution in [0.25, 0.3) is 0 Å². The van der Waals surface area contributed by atoms with Crippen molar-refractivity contribution in [1.29, 1.82) is 0 Å². The van der Waals surface area contributed by atoms with Crippen molar-refractivity contribution in [3.63, 3.8) is 0 Å². The predicted octanol–water partition coefficient (Wildman–Crippen LogP) is 2.46. The van der Waals surface area contributed by atoms with Crippen molar-refractivity contribution in [3.05, 3.63) is 65.7 Å². The Hall–Kier alpha value is -2.17. The van der Waals surface area contributed by atoms with Crippen LogP contribution in [0.1, 0.15) is 28.8 Å². The molecule has 0 amide bonds. The number of rotatable bonds is 8. The summed E-state index contributed by atoms with van der Waals surface area (Å²) in [6.07, 6.45) is 1.15. The van der Waals surface area contributed by atoms with Gasteiger partial charge in [-0.2, -0.15) is 0 Å². The molecule has 2 aromatic rings. The minimum atomic E-state index is -0.00517. The van der Waals surface area contributed by atoms with Gasteiger partial charge in [-0.1, -0.05) is 30.3 Å². The van der Waals surface area contributed by atoms with Gasteiger partial charge in [0.05, 0.1) is 0 Å². The molecule has 3 N–H and O–H groups in total. The molecule has 0 saturated carbocycles. The Morgan fingerprint density at radius 2 is 1.41 bits per heavy atom.